The summed E-state index contributed by atoms with van der Waals surface area (Å²) < 4.78 is 0. The summed E-state index contributed by atoms with van der Waals surface area (Å²) in [5, 5.41) is 4.32. The summed E-state index contributed by atoms with van der Waals surface area (Å²) in [6.45, 7) is 0.528. The molecule has 0 atom stereocenters. The van der Waals surface area contributed by atoms with Crippen molar-refractivity contribution in [3.8, 4) is 0 Å². The number of fused-ring (bicyclic) bond motifs is 1. The third-order valence-corrected chi connectivity index (χ3v) is 2.97. The van der Waals surface area contributed by atoms with E-state index >= 15 is 0 Å². The van der Waals surface area contributed by atoms with E-state index in [0.717, 1.165) is 28.0 Å². The number of para-hydroxylation sites is 1. The van der Waals surface area contributed by atoms with Crippen LogP contribution in [-0.4, -0.2) is 9.97 Å². The van der Waals surface area contributed by atoms with Crippen LogP contribution in [0.4, 0.5) is 11.5 Å². The van der Waals surface area contributed by atoms with Crippen molar-refractivity contribution in [1.82, 2.24) is 9.97 Å². The molecule has 0 aliphatic rings. The van der Waals surface area contributed by atoms with Gasteiger partial charge in [0.2, 0.25) is 0 Å². The Labute approximate surface area is 111 Å². The number of aromatic nitrogens is 2. The monoisotopic (exact) mass is 250 g/mol. The lowest BCUT2D eigenvalue weighted by Crippen LogP contribution is -1.99. The molecule has 0 spiro atoms. The highest BCUT2D eigenvalue weighted by atomic mass is 15.0. The summed E-state index contributed by atoms with van der Waals surface area (Å²) >= 11 is 0. The highest BCUT2D eigenvalue weighted by Crippen LogP contribution is 2.22. The van der Waals surface area contributed by atoms with Gasteiger partial charge in [-0.2, -0.15) is 0 Å². The molecule has 0 aliphatic heterocycles. The molecule has 0 bridgehead atoms. The average molecular weight is 250 g/mol. The summed E-state index contributed by atoms with van der Waals surface area (Å²) in [6, 6.07) is 15.9. The molecule has 3 aromatic rings. The lowest BCUT2D eigenvalue weighted by molar-refractivity contribution is 1.07. The van der Waals surface area contributed by atoms with Crippen LogP contribution in [0.1, 0.15) is 5.56 Å². The molecule has 0 saturated carbocycles. The zero-order chi connectivity index (χ0) is 13.1. The molecule has 3 N–H and O–H groups in total. The van der Waals surface area contributed by atoms with Crippen LogP contribution < -0.4 is 11.1 Å². The van der Waals surface area contributed by atoms with E-state index in [1.54, 1.807) is 6.33 Å². The molecule has 0 unspecified atom stereocenters. The van der Waals surface area contributed by atoms with Crippen molar-refractivity contribution >= 4 is 22.4 Å². The number of hydrogen-bond acceptors (Lipinski definition) is 4. The summed E-state index contributed by atoms with van der Waals surface area (Å²) in [7, 11) is 0. The van der Waals surface area contributed by atoms with Crippen LogP contribution in [0.25, 0.3) is 10.9 Å². The average Bonchev–Trinajstić information content (AvgIpc) is 2.48. The van der Waals surface area contributed by atoms with Gasteiger partial charge in [0.1, 0.15) is 12.1 Å². The van der Waals surface area contributed by atoms with Crippen molar-refractivity contribution in [1.29, 1.82) is 0 Å². The number of rotatable bonds is 3. The minimum absolute atomic E-state index is 0.528. The number of hydrogen-bond donors (Lipinski definition) is 2. The van der Waals surface area contributed by atoms with Crippen molar-refractivity contribution in [3.05, 3.63) is 60.4 Å². The van der Waals surface area contributed by atoms with Crippen LogP contribution in [0.2, 0.25) is 0 Å². The van der Waals surface area contributed by atoms with E-state index in [1.807, 2.05) is 48.5 Å². The van der Waals surface area contributed by atoms with Gasteiger partial charge in [-0.3, -0.25) is 0 Å². The quantitative estimate of drug-likeness (QED) is 0.750. The Morgan fingerprint density at radius 3 is 2.79 bits per heavy atom. The molecule has 1 aromatic heterocycles. The predicted octanol–water partition coefficient (Wildman–Crippen LogP) is 2.83. The Morgan fingerprint density at radius 2 is 1.89 bits per heavy atom. The molecule has 2 aromatic carbocycles. The van der Waals surface area contributed by atoms with Gasteiger partial charge in [0.05, 0.1) is 5.52 Å². The predicted molar refractivity (Wildman–Crippen MR) is 77.2 cm³/mol. The van der Waals surface area contributed by atoms with E-state index in [0.29, 0.717) is 6.54 Å². The Bertz CT molecular complexity index is 704. The van der Waals surface area contributed by atoms with E-state index in [4.69, 9.17) is 5.73 Å². The van der Waals surface area contributed by atoms with Crippen LogP contribution in [0.15, 0.2) is 54.9 Å². The first-order valence-electron chi connectivity index (χ1n) is 6.12. The highest BCUT2D eigenvalue weighted by molar-refractivity contribution is 5.90. The third kappa shape index (κ3) is 2.39. The molecule has 4 heteroatoms. The van der Waals surface area contributed by atoms with Gasteiger partial charge >= 0.3 is 0 Å². The van der Waals surface area contributed by atoms with Crippen molar-refractivity contribution in [3.63, 3.8) is 0 Å². The van der Waals surface area contributed by atoms with Crippen molar-refractivity contribution < 1.29 is 0 Å². The van der Waals surface area contributed by atoms with Gasteiger partial charge in [-0.05, 0) is 29.8 Å². The summed E-state index contributed by atoms with van der Waals surface area (Å²) in [4.78, 5) is 8.55. The largest absolute Gasteiger partial charge is 0.340 e. The second-order valence-corrected chi connectivity index (χ2v) is 4.27. The van der Waals surface area contributed by atoms with Crippen LogP contribution >= 0.6 is 0 Å². The number of nitrogens with zero attached hydrogens (tertiary/aromatic N) is 2. The van der Waals surface area contributed by atoms with Crippen LogP contribution in [-0.2, 0) is 6.54 Å². The zero-order valence-electron chi connectivity index (χ0n) is 10.4. The molecule has 1 heterocycles. The van der Waals surface area contributed by atoms with Crippen LogP contribution in [0.3, 0.4) is 0 Å². The zero-order valence-corrected chi connectivity index (χ0v) is 10.4. The Morgan fingerprint density at radius 1 is 1.00 bits per heavy atom. The van der Waals surface area contributed by atoms with Gasteiger partial charge in [-0.25, -0.2) is 9.97 Å². The van der Waals surface area contributed by atoms with Gasteiger partial charge in [0.15, 0.2) is 0 Å². The normalized spacial score (nSPS) is 10.6. The fourth-order valence-corrected chi connectivity index (χ4v) is 2.02. The van der Waals surface area contributed by atoms with Crippen molar-refractivity contribution in [2.75, 3.05) is 5.32 Å². The minimum atomic E-state index is 0.528. The highest BCUT2D eigenvalue weighted by Gasteiger charge is 2.03. The Kier molecular flexibility index (Phi) is 3.08. The molecule has 0 aliphatic carbocycles. The van der Waals surface area contributed by atoms with Gasteiger partial charge < -0.3 is 11.1 Å². The molecule has 4 nitrogen and oxygen atoms in total. The lowest BCUT2D eigenvalue weighted by atomic mass is 10.2. The van der Waals surface area contributed by atoms with Crippen LogP contribution in [0, 0.1) is 0 Å². The summed E-state index contributed by atoms with van der Waals surface area (Å²) in [5.41, 5.74) is 8.64. The van der Waals surface area contributed by atoms with Crippen molar-refractivity contribution in [2.24, 2.45) is 5.73 Å². The lowest BCUT2D eigenvalue weighted by Gasteiger charge is -2.09. The maximum Gasteiger partial charge on any atom is 0.141 e. The molecule has 94 valence electrons. The standard InChI is InChI=1S/C15H14N4/c16-9-11-4-3-5-12(8-11)19-15-13-6-1-2-7-14(13)17-10-18-15/h1-8,10H,9,16H2,(H,17,18,19). The van der Waals surface area contributed by atoms with E-state index in [9.17, 15) is 0 Å². The second-order valence-electron chi connectivity index (χ2n) is 4.27. The first kappa shape index (κ1) is 11.6. The molecular weight excluding hydrogens is 236 g/mol. The molecule has 0 radical (unpaired) electrons. The van der Waals surface area contributed by atoms with Gasteiger partial charge in [-0.1, -0.05) is 24.3 Å². The first-order chi connectivity index (χ1) is 9.36. The molecule has 0 fully saturated rings. The fraction of sp³-hybridized carbons (Fsp3) is 0.0667. The van der Waals surface area contributed by atoms with E-state index < -0.39 is 0 Å². The number of nitrogens with one attached hydrogen (secondary N) is 1. The first-order valence-corrected chi connectivity index (χ1v) is 6.12. The summed E-state index contributed by atoms with van der Waals surface area (Å²) in [6.07, 6.45) is 1.57. The fourth-order valence-electron chi connectivity index (χ4n) is 2.02. The smallest absolute Gasteiger partial charge is 0.141 e. The number of nitrogens with two attached hydrogens (primary N) is 1. The maximum absolute atomic E-state index is 5.65. The van der Waals surface area contributed by atoms with Gasteiger partial charge in [0, 0.05) is 17.6 Å². The minimum Gasteiger partial charge on any atom is -0.340 e. The van der Waals surface area contributed by atoms with Gasteiger partial charge in [-0.15, -0.1) is 0 Å². The summed E-state index contributed by atoms with van der Waals surface area (Å²) in [5.74, 6) is 0.805. The molecular formula is C15H14N4. The molecule has 0 saturated heterocycles. The number of benzene rings is 2. The second kappa shape index (κ2) is 5.04. The third-order valence-electron chi connectivity index (χ3n) is 2.97. The van der Waals surface area contributed by atoms with Gasteiger partial charge in [0.25, 0.3) is 0 Å². The molecule has 19 heavy (non-hydrogen) atoms. The van der Waals surface area contributed by atoms with E-state index in [1.165, 1.54) is 0 Å². The maximum atomic E-state index is 5.65. The van der Waals surface area contributed by atoms with Crippen molar-refractivity contribution in [2.45, 2.75) is 6.54 Å². The Hall–Kier alpha value is -2.46. The molecule has 3 rings (SSSR count). The van der Waals surface area contributed by atoms with Crippen LogP contribution in [0.5, 0.6) is 0 Å². The number of anilines is 2. The topological polar surface area (TPSA) is 63.8 Å². The molecule has 0 amide bonds. The van der Waals surface area contributed by atoms with E-state index in [-0.39, 0.29) is 0 Å². The Balaban J connectivity index is 2.01. The van der Waals surface area contributed by atoms with E-state index in [2.05, 4.69) is 15.3 Å². The SMILES string of the molecule is NCc1cccc(Nc2ncnc3ccccc23)c1.